The molecule has 2 aromatic rings. The minimum absolute atomic E-state index is 0.415. The molecular formula is C13H9AlCl4O2. The zero-order valence-corrected chi connectivity index (χ0v) is 14.5. The molecule has 0 aromatic heterocycles. The van der Waals surface area contributed by atoms with Crippen molar-refractivity contribution in [3.05, 3.63) is 56.5 Å². The van der Waals surface area contributed by atoms with Crippen molar-refractivity contribution in [2.75, 3.05) is 0 Å². The van der Waals surface area contributed by atoms with Crippen LogP contribution in [0.25, 0.3) is 0 Å². The number of hydrogen-bond acceptors (Lipinski definition) is 2. The van der Waals surface area contributed by atoms with E-state index < -0.39 is 14.8 Å². The second-order valence-electron chi connectivity index (χ2n) is 3.90. The Bertz CT molecular complexity index is 527. The average molecular weight is 366 g/mol. The van der Waals surface area contributed by atoms with Crippen LogP contribution in [0.5, 0.6) is 11.5 Å². The van der Waals surface area contributed by atoms with Crippen LogP contribution in [0.2, 0.25) is 25.9 Å². The van der Waals surface area contributed by atoms with Crippen LogP contribution < -0.4 is 7.58 Å². The Labute approximate surface area is 142 Å². The van der Waals surface area contributed by atoms with Crippen molar-refractivity contribution in [2.24, 2.45) is 0 Å². The summed E-state index contributed by atoms with van der Waals surface area (Å²) in [6, 6.07) is 10.3. The molecule has 0 N–H and O–H groups in total. The molecule has 0 unspecified atom stereocenters. The van der Waals surface area contributed by atoms with E-state index in [1.165, 1.54) is 0 Å². The number of halogens is 4. The van der Waals surface area contributed by atoms with Gasteiger partial charge in [-0.1, -0.05) is 58.5 Å². The van der Waals surface area contributed by atoms with E-state index in [-0.39, 0.29) is 0 Å². The summed E-state index contributed by atoms with van der Waals surface area (Å²) in [5, 5.41) is 1.74. The smallest absolute Gasteiger partial charge is 0.610 e. The summed E-state index contributed by atoms with van der Waals surface area (Å²) in [4.78, 5) is 0. The third-order valence-corrected chi connectivity index (χ3v) is 4.73. The Morgan fingerprint density at radius 1 is 0.700 bits per heavy atom. The monoisotopic (exact) mass is 364 g/mol. The lowest BCUT2D eigenvalue weighted by molar-refractivity contribution is 0.432. The maximum Gasteiger partial charge on any atom is 0.853 e. The van der Waals surface area contributed by atoms with Crippen molar-refractivity contribution in [2.45, 2.75) is 5.79 Å². The maximum absolute atomic E-state index is 6.04. The largest absolute Gasteiger partial charge is 0.853 e. The van der Waals surface area contributed by atoms with E-state index in [0.29, 0.717) is 31.6 Å². The predicted octanol–water partition coefficient (Wildman–Crippen LogP) is 5.88. The molecule has 7 heteroatoms. The fourth-order valence-electron chi connectivity index (χ4n) is 1.55. The highest BCUT2D eigenvalue weighted by Crippen LogP contribution is 2.35. The number of rotatable bonds is 4. The van der Waals surface area contributed by atoms with Crippen LogP contribution in [0.1, 0.15) is 0 Å². The van der Waals surface area contributed by atoms with Crippen molar-refractivity contribution in [1.29, 1.82) is 0 Å². The quantitative estimate of drug-likeness (QED) is 0.630. The lowest BCUT2D eigenvalue weighted by Gasteiger charge is -2.17. The van der Waals surface area contributed by atoms with Crippen LogP contribution in [-0.2, 0) is 0 Å². The van der Waals surface area contributed by atoms with Crippen LogP contribution in [0.15, 0.2) is 36.4 Å². The van der Waals surface area contributed by atoms with Crippen LogP contribution in [0.3, 0.4) is 0 Å². The summed E-state index contributed by atoms with van der Waals surface area (Å²) < 4.78 is 11.5. The van der Waals surface area contributed by atoms with Crippen LogP contribution >= 0.6 is 46.4 Å². The van der Waals surface area contributed by atoms with Crippen molar-refractivity contribution in [1.82, 2.24) is 0 Å². The fourth-order valence-corrected chi connectivity index (χ4v) is 4.04. The fraction of sp³-hybridized carbons (Fsp3) is 0.0769. The molecule has 0 heterocycles. The summed E-state index contributed by atoms with van der Waals surface area (Å²) in [5.74, 6) is 2.66. The second kappa shape index (κ2) is 7.13. The van der Waals surface area contributed by atoms with Gasteiger partial charge in [-0.25, -0.2) is 0 Å². The molecule has 0 fully saturated rings. The molecule has 0 saturated heterocycles. The number of benzene rings is 2. The minimum atomic E-state index is -2.11. The van der Waals surface area contributed by atoms with Gasteiger partial charge in [-0.2, -0.15) is 0 Å². The van der Waals surface area contributed by atoms with Crippen LogP contribution in [-0.4, -0.2) is 14.8 Å². The highest BCUT2D eigenvalue weighted by molar-refractivity contribution is 6.47. The maximum atomic E-state index is 6.04. The zero-order valence-electron chi connectivity index (χ0n) is 10.4. The lowest BCUT2D eigenvalue weighted by atomic mass is 10.3. The van der Waals surface area contributed by atoms with Gasteiger partial charge in [0.1, 0.15) is 11.5 Å². The Morgan fingerprint density at radius 2 is 1.00 bits per heavy atom. The van der Waals surface area contributed by atoms with Gasteiger partial charge in [-0.05, 0) is 30.1 Å². The Kier molecular flexibility index (Phi) is 5.75. The van der Waals surface area contributed by atoms with Crippen LogP contribution in [0.4, 0.5) is 0 Å². The molecule has 0 spiro atoms. The normalized spacial score (nSPS) is 10.2. The van der Waals surface area contributed by atoms with E-state index in [9.17, 15) is 0 Å². The molecular weight excluding hydrogens is 357 g/mol. The van der Waals surface area contributed by atoms with E-state index >= 15 is 0 Å². The average Bonchev–Trinajstić information content (AvgIpc) is 2.39. The van der Waals surface area contributed by atoms with Gasteiger partial charge in [-0.3, -0.25) is 0 Å². The molecule has 0 bridgehead atoms. The topological polar surface area (TPSA) is 18.5 Å². The molecule has 0 amide bonds. The molecule has 0 aliphatic rings. The molecule has 2 rings (SSSR count). The van der Waals surface area contributed by atoms with Gasteiger partial charge in [0.2, 0.25) is 0 Å². The van der Waals surface area contributed by atoms with E-state index in [2.05, 4.69) is 0 Å². The zero-order chi connectivity index (χ0) is 14.7. The summed E-state index contributed by atoms with van der Waals surface area (Å²) in [6.45, 7) is 0. The first-order valence-electron chi connectivity index (χ1n) is 5.70. The van der Waals surface area contributed by atoms with Crippen molar-refractivity contribution in [3.63, 3.8) is 0 Å². The van der Waals surface area contributed by atoms with Gasteiger partial charge in [-0.15, -0.1) is 0 Å². The van der Waals surface area contributed by atoms with E-state index in [1.54, 1.807) is 36.4 Å². The molecule has 0 aliphatic carbocycles. The molecule has 0 radical (unpaired) electrons. The first kappa shape index (κ1) is 16.1. The standard InChI is InChI=1S/2C6H4Cl2O.CH3.Al/c2*7-4-2-1-3-5(8)6(4)9;;/h2*1-3,9H;1H3;/q;;;+2/p-2. The van der Waals surface area contributed by atoms with Gasteiger partial charge in [0.25, 0.3) is 0 Å². The minimum Gasteiger partial charge on any atom is -0.610 e. The van der Waals surface area contributed by atoms with Gasteiger partial charge < -0.3 is 7.58 Å². The molecule has 2 aromatic carbocycles. The highest BCUT2D eigenvalue weighted by Gasteiger charge is 2.28. The first-order valence-corrected chi connectivity index (χ1v) is 9.31. The van der Waals surface area contributed by atoms with Gasteiger partial charge >= 0.3 is 14.8 Å². The van der Waals surface area contributed by atoms with E-state index in [1.807, 2.05) is 5.79 Å². The molecule has 104 valence electrons. The van der Waals surface area contributed by atoms with Gasteiger partial charge in [0.15, 0.2) is 0 Å². The lowest BCUT2D eigenvalue weighted by Crippen LogP contribution is -2.26. The molecule has 2 nitrogen and oxygen atoms in total. The molecule has 20 heavy (non-hydrogen) atoms. The predicted molar refractivity (Wildman–Crippen MR) is 85.8 cm³/mol. The Hall–Kier alpha value is -0.268. The summed E-state index contributed by atoms with van der Waals surface area (Å²) >= 11 is 22.1. The summed E-state index contributed by atoms with van der Waals surface area (Å²) in [5.41, 5.74) is 0. The third-order valence-electron chi connectivity index (χ3n) is 2.41. The molecule has 0 atom stereocenters. The van der Waals surface area contributed by atoms with E-state index in [4.69, 9.17) is 54.0 Å². The van der Waals surface area contributed by atoms with Crippen molar-refractivity contribution in [3.8, 4) is 11.5 Å². The Morgan fingerprint density at radius 3 is 1.30 bits per heavy atom. The SMILES string of the molecule is [CH3][Al]([O]c1c(Cl)cccc1Cl)[O]c1c(Cl)cccc1Cl. The number of para-hydroxylation sites is 2. The summed E-state index contributed by atoms with van der Waals surface area (Å²) in [6.07, 6.45) is 0. The third kappa shape index (κ3) is 3.89. The summed E-state index contributed by atoms with van der Waals surface area (Å²) in [7, 11) is 0. The van der Waals surface area contributed by atoms with E-state index in [0.717, 1.165) is 0 Å². The Balaban J connectivity index is 2.15. The van der Waals surface area contributed by atoms with Crippen molar-refractivity contribution < 1.29 is 7.58 Å². The van der Waals surface area contributed by atoms with Gasteiger partial charge in [0.05, 0.1) is 20.1 Å². The molecule has 0 aliphatic heterocycles. The molecule has 0 saturated carbocycles. The van der Waals surface area contributed by atoms with Crippen molar-refractivity contribution >= 4 is 61.2 Å². The van der Waals surface area contributed by atoms with Gasteiger partial charge in [0, 0.05) is 0 Å². The second-order valence-corrected chi connectivity index (χ2v) is 7.14. The van der Waals surface area contributed by atoms with Crippen LogP contribution in [0, 0.1) is 0 Å². The number of hydrogen-bond donors (Lipinski definition) is 0. The first-order chi connectivity index (χ1) is 9.49. The highest BCUT2D eigenvalue weighted by atomic mass is 35.5.